The molecule has 1 saturated heterocycles. The van der Waals surface area contributed by atoms with Crippen LogP contribution in [0, 0.1) is 5.82 Å². The number of piperazine rings is 1. The minimum atomic E-state index is -5.00. The lowest BCUT2D eigenvalue weighted by Gasteiger charge is -2.34. The Balaban J connectivity index is 1.30. The molecule has 19 heteroatoms. The average molecular weight is 743 g/mol. The number of ether oxygens (including phenoxy) is 1. The van der Waals surface area contributed by atoms with Crippen molar-refractivity contribution in [2.24, 2.45) is 0 Å². The van der Waals surface area contributed by atoms with Crippen molar-refractivity contribution in [1.82, 2.24) is 29.2 Å². The van der Waals surface area contributed by atoms with Crippen LogP contribution in [0.1, 0.15) is 28.4 Å². The van der Waals surface area contributed by atoms with Crippen LogP contribution in [0.15, 0.2) is 47.8 Å². The number of amides is 1. The number of halogens is 7. The first-order valence-electron chi connectivity index (χ1n) is 16.1. The molecular weight excluding hydrogens is 705 g/mol. The molecule has 0 aliphatic carbocycles. The van der Waals surface area contributed by atoms with Gasteiger partial charge in [-0.15, -0.1) is 0 Å². The second-order valence-electron chi connectivity index (χ2n) is 13.5. The average Bonchev–Trinajstić information content (AvgIpc) is 3.39. The van der Waals surface area contributed by atoms with Crippen LogP contribution in [0.4, 0.5) is 42.4 Å². The van der Waals surface area contributed by atoms with Crippen LogP contribution < -0.4 is 15.8 Å². The van der Waals surface area contributed by atoms with Gasteiger partial charge in [0.05, 0.1) is 23.0 Å². The summed E-state index contributed by atoms with van der Waals surface area (Å²) in [4.78, 5) is 37.4. The van der Waals surface area contributed by atoms with Gasteiger partial charge in [-0.05, 0) is 31.2 Å². The van der Waals surface area contributed by atoms with Crippen LogP contribution in [-0.2, 0) is 30.4 Å². The Morgan fingerprint density at radius 3 is 2.27 bits per heavy atom. The molecule has 1 aliphatic rings. The van der Waals surface area contributed by atoms with Gasteiger partial charge in [0.15, 0.2) is 0 Å². The monoisotopic (exact) mass is 742 g/mol. The summed E-state index contributed by atoms with van der Waals surface area (Å²) in [5, 5.41) is 6.91. The van der Waals surface area contributed by atoms with Gasteiger partial charge in [-0.3, -0.25) is 9.59 Å². The third-order valence-corrected chi connectivity index (χ3v) is 10.0. The van der Waals surface area contributed by atoms with Gasteiger partial charge in [-0.1, -0.05) is 19.6 Å². The van der Waals surface area contributed by atoms with E-state index in [1.165, 1.54) is 29.3 Å². The summed E-state index contributed by atoms with van der Waals surface area (Å²) >= 11 is 0. The maximum Gasteiger partial charge on any atom is 0.423 e. The zero-order valence-corrected chi connectivity index (χ0v) is 29.3. The molecule has 11 nitrogen and oxygen atoms in total. The van der Waals surface area contributed by atoms with Gasteiger partial charge in [0.1, 0.15) is 18.1 Å². The molecule has 0 bridgehead atoms. The highest BCUT2D eigenvalue weighted by atomic mass is 28.3. The molecule has 4 heterocycles. The molecule has 1 aromatic carbocycles. The quantitative estimate of drug-likeness (QED) is 0.114. The molecule has 0 radical (unpaired) electrons. The molecule has 1 N–H and O–H groups in total. The number of carbonyl (C=O) groups excluding carboxylic acids is 1. The SMILES string of the molecule is C[C@@H](Cn1cc(C(=O)N2CCN(c3ncc(C(F)(F)F)cn3)CC2)c2cc(F)ccc21)Nc1cnn(COCC[Si](C)(C)C)c(=O)c1C(F)(F)F. The van der Waals surface area contributed by atoms with Crippen molar-refractivity contribution < 1.29 is 40.3 Å². The smallest absolute Gasteiger partial charge is 0.379 e. The van der Waals surface area contributed by atoms with E-state index < -0.39 is 67.3 Å². The van der Waals surface area contributed by atoms with E-state index in [9.17, 15) is 40.3 Å². The zero-order chi connectivity index (χ0) is 37.3. The topological polar surface area (TPSA) is 110 Å². The number of hydrogen-bond donors (Lipinski definition) is 1. The predicted molar refractivity (Wildman–Crippen MR) is 178 cm³/mol. The van der Waals surface area contributed by atoms with Crippen molar-refractivity contribution in [3.63, 3.8) is 0 Å². The highest BCUT2D eigenvalue weighted by molar-refractivity contribution is 6.76. The lowest BCUT2D eigenvalue weighted by molar-refractivity contribution is -0.139. The summed E-state index contributed by atoms with van der Waals surface area (Å²) in [6, 6.07) is 3.88. The lowest BCUT2D eigenvalue weighted by Crippen LogP contribution is -2.49. The van der Waals surface area contributed by atoms with E-state index in [0.29, 0.717) is 22.6 Å². The van der Waals surface area contributed by atoms with E-state index in [0.717, 1.165) is 12.2 Å². The predicted octanol–water partition coefficient (Wildman–Crippen LogP) is 5.94. The summed E-state index contributed by atoms with van der Waals surface area (Å²) in [7, 11) is -1.46. The Hall–Kier alpha value is -4.52. The Morgan fingerprint density at radius 2 is 1.67 bits per heavy atom. The van der Waals surface area contributed by atoms with E-state index in [1.54, 1.807) is 16.4 Å². The van der Waals surface area contributed by atoms with Crippen molar-refractivity contribution in [3.8, 4) is 0 Å². The summed E-state index contributed by atoms with van der Waals surface area (Å²) in [6.45, 7) is 8.62. The van der Waals surface area contributed by atoms with Crippen LogP contribution in [0.3, 0.4) is 0 Å². The third kappa shape index (κ3) is 9.05. The van der Waals surface area contributed by atoms with E-state index in [1.807, 2.05) is 0 Å². The number of benzene rings is 1. The summed E-state index contributed by atoms with van der Waals surface area (Å²) in [5.74, 6) is -0.949. The van der Waals surface area contributed by atoms with Gasteiger partial charge in [-0.2, -0.15) is 31.4 Å². The van der Waals surface area contributed by atoms with Crippen LogP contribution in [-0.4, -0.2) is 82.0 Å². The van der Waals surface area contributed by atoms with Crippen LogP contribution >= 0.6 is 0 Å². The molecule has 1 fully saturated rings. The van der Waals surface area contributed by atoms with E-state index in [2.05, 4.69) is 40.0 Å². The molecule has 1 amide bonds. The fourth-order valence-electron chi connectivity index (χ4n) is 5.60. The largest absolute Gasteiger partial charge is 0.423 e. The van der Waals surface area contributed by atoms with Crippen LogP contribution in [0.2, 0.25) is 25.7 Å². The van der Waals surface area contributed by atoms with E-state index >= 15 is 0 Å². The number of nitrogens with one attached hydrogen (secondary N) is 1. The van der Waals surface area contributed by atoms with Crippen molar-refractivity contribution in [1.29, 1.82) is 0 Å². The molecule has 0 saturated carbocycles. The van der Waals surface area contributed by atoms with Crippen molar-refractivity contribution >= 4 is 36.5 Å². The Labute approximate surface area is 289 Å². The lowest BCUT2D eigenvalue weighted by atomic mass is 10.1. The van der Waals surface area contributed by atoms with Gasteiger partial charge in [0.25, 0.3) is 11.5 Å². The number of fused-ring (bicyclic) bond motifs is 1. The third-order valence-electron chi connectivity index (χ3n) is 8.30. The second-order valence-corrected chi connectivity index (χ2v) is 19.2. The maximum atomic E-state index is 14.4. The molecule has 0 unspecified atom stereocenters. The first-order valence-corrected chi connectivity index (χ1v) is 19.8. The Morgan fingerprint density at radius 1 is 1.00 bits per heavy atom. The van der Waals surface area contributed by atoms with E-state index in [-0.39, 0.29) is 56.2 Å². The standard InChI is InChI=1S/C32H37F7N8O3Si/c1-20(43-25-16-42-47(19-50-11-12-51(2,3)4)29(49)27(25)32(37,38)39)17-46-18-24(23-13-22(33)5-6-26(23)46)28(48)44-7-9-45(10-8-44)30-40-14-21(15-41-30)31(34,35)36/h5-6,13-16,18,20,43H,7-12,17,19H2,1-4H3/t20-/m0/s1. The number of alkyl halides is 6. The molecule has 51 heavy (non-hydrogen) atoms. The first-order chi connectivity index (χ1) is 23.8. The maximum absolute atomic E-state index is 14.4. The fourth-order valence-corrected chi connectivity index (χ4v) is 6.36. The Kier molecular flexibility index (Phi) is 10.8. The number of anilines is 2. The van der Waals surface area contributed by atoms with Gasteiger partial charge in [0.2, 0.25) is 5.95 Å². The highest BCUT2D eigenvalue weighted by Gasteiger charge is 2.39. The van der Waals surface area contributed by atoms with Crippen molar-refractivity contribution in [2.75, 3.05) is 43.0 Å². The first kappa shape index (κ1) is 37.7. The molecule has 1 aliphatic heterocycles. The molecular formula is C32H37F7N8O3Si. The van der Waals surface area contributed by atoms with Gasteiger partial charge >= 0.3 is 12.4 Å². The van der Waals surface area contributed by atoms with Crippen molar-refractivity contribution in [2.45, 2.75) is 64.3 Å². The van der Waals surface area contributed by atoms with Crippen LogP contribution in [0.5, 0.6) is 0 Å². The normalized spacial score (nSPS) is 15.0. The summed E-state index contributed by atoms with van der Waals surface area (Å²) < 4.78 is 103. The highest BCUT2D eigenvalue weighted by Crippen LogP contribution is 2.33. The molecule has 3 aromatic heterocycles. The fraction of sp³-hybridized carbons (Fsp3) is 0.469. The number of carbonyl (C=O) groups is 1. The number of nitrogens with zero attached hydrogens (tertiary/aromatic N) is 7. The zero-order valence-electron chi connectivity index (χ0n) is 28.3. The minimum absolute atomic E-state index is 0.0225. The molecule has 276 valence electrons. The van der Waals surface area contributed by atoms with E-state index in [4.69, 9.17) is 4.74 Å². The molecule has 1 atom stereocenters. The number of hydrogen-bond acceptors (Lipinski definition) is 8. The molecule has 5 rings (SSSR count). The van der Waals surface area contributed by atoms with Gasteiger partial charge < -0.3 is 24.4 Å². The summed E-state index contributed by atoms with van der Waals surface area (Å²) in [5.41, 5.74) is -3.67. The Bertz CT molecular complexity index is 1920. The number of aromatic nitrogens is 5. The van der Waals surface area contributed by atoms with Crippen LogP contribution in [0.25, 0.3) is 10.9 Å². The molecule has 4 aromatic rings. The minimum Gasteiger partial charge on any atom is -0.379 e. The summed E-state index contributed by atoms with van der Waals surface area (Å²) in [6.07, 6.45) is -5.77. The second kappa shape index (κ2) is 14.6. The van der Waals surface area contributed by atoms with Crippen molar-refractivity contribution in [3.05, 3.63) is 75.8 Å². The molecule has 0 spiro atoms. The van der Waals surface area contributed by atoms with Gasteiger partial charge in [0, 0.05) is 82.9 Å². The van der Waals surface area contributed by atoms with Gasteiger partial charge in [-0.25, -0.2) is 19.0 Å². The number of rotatable bonds is 11.